The topological polar surface area (TPSA) is 57.4 Å². The van der Waals surface area contributed by atoms with Gasteiger partial charge in [0.05, 0.1) is 13.7 Å². The lowest BCUT2D eigenvalue weighted by molar-refractivity contribution is 0.340. The van der Waals surface area contributed by atoms with E-state index in [0.717, 1.165) is 16.9 Å². The second-order valence-corrected chi connectivity index (χ2v) is 6.01. The molecule has 0 aliphatic heterocycles. The minimum absolute atomic E-state index is 0.226. The maximum Gasteiger partial charge on any atom is 0.277 e. The van der Waals surface area contributed by atoms with Gasteiger partial charge < -0.3 is 13.9 Å². The molecule has 0 radical (unpaired) electrons. The predicted molar refractivity (Wildman–Crippen MR) is 93.4 cm³/mol. The van der Waals surface area contributed by atoms with E-state index in [9.17, 15) is 4.39 Å². The van der Waals surface area contributed by atoms with Gasteiger partial charge in [0.15, 0.2) is 11.6 Å². The first kappa shape index (κ1) is 17.3. The molecule has 0 spiro atoms. The van der Waals surface area contributed by atoms with Gasteiger partial charge in [0.1, 0.15) is 5.75 Å². The molecule has 0 saturated heterocycles. The van der Waals surface area contributed by atoms with Gasteiger partial charge >= 0.3 is 0 Å². The van der Waals surface area contributed by atoms with E-state index in [1.54, 1.807) is 12.1 Å². The zero-order valence-corrected chi connectivity index (χ0v) is 14.7. The van der Waals surface area contributed by atoms with E-state index in [0.29, 0.717) is 23.5 Å². The van der Waals surface area contributed by atoms with E-state index in [4.69, 9.17) is 13.9 Å². The molecule has 1 heterocycles. The van der Waals surface area contributed by atoms with E-state index in [1.807, 2.05) is 31.2 Å². The number of aromatic nitrogens is 2. The Morgan fingerprint density at radius 1 is 1.12 bits per heavy atom. The molecule has 5 nitrogen and oxygen atoms in total. The van der Waals surface area contributed by atoms with Crippen LogP contribution in [0.5, 0.6) is 11.5 Å². The maximum absolute atomic E-state index is 13.7. The van der Waals surface area contributed by atoms with Crippen LogP contribution < -0.4 is 9.47 Å². The summed E-state index contributed by atoms with van der Waals surface area (Å²) in [6.07, 6.45) is 0. The Morgan fingerprint density at radius 3 is 2.60 bits per heavy atom. The number of nitrogens with zero attached hydrogens (tertiary/aromatic N) is 2. The number of rotatable bonds is 7. The van der Waals surface area contributed by atoms with Gasteiger partial charge in [0.25, 0.3) is 5.22 Å². The monoisotopic (exact) mass is 360 g/mol. The van der Waals surface area contributed by atoms with Crippen molar-refractivity contribution in [3.63, 3.8) is 0 Å². The molecular formula is C18H17FN2O3S. The molecule has 0 N–H and O–H groups in total. The number of thioether (sulfide) groups is 1. The van der Waals surface area contributed by atoms with Crippen LogP contribution in [0.25, 0.3) is 11.5 Å². The number of halogens is 1. The van der Waals surface area contributed by atoms with Crippen molar-refractivity contribution in [3.8, 4) is 23.0 Å². The average Bonchev–Trinajstić information content (AvgIpc) is 3.10. The van der Waals surface area contributed by atoms with Crippen LogP contribution in [-0.4, -0.2) is 23.9 Å². The molecule has 3 rings (SSSR count). The standard InChI is InChI=1S/C18H17FN2O3S/c1-3-23-14-7-5-13(6-8-14)17-20-21-18(24-17)25-11-12-4-9-16(22-2)15(19)10-12/h4-10H,3,11H2,1-2H3. The van der Waals surface area contributed by atoms with Gasteiger partial charge in [-0.15, -0.1) is 10.2 Å². The first-order chi connectivity index (χ1) is 12.2. The van der Waals surface area contributed by atoms with E-state index < -0.39 is 0 Å². The van der Waals surface area contributed by atoms with Crippen molar-refractivity contribution < 1.29 is 18.3 Å². The predicted octanol–water partition coefficient (Wildman–Crippen LogP) is 4.58. The zero-order valence-electron chi connectivity index (χ0n) is 13.9. The Kier molecular flexibility index (Phi) is 5.55. The highest BCUT2D eigenvalue weighted by Gasteiger charge is 2.10. The van der Waals surface area contributed by atoms with Crippen LogP contribution in [0.3, 0.4) is 0 Å². The Hall–Kier alpha value is -2.54. The molecule has 0 aliphatic carbocycles. The molecule has 130 valence electrons. The maximum atomic E-state index is 13.7. The SMILES string of the molecule is CCOc1ccc(-c2nnc(SCc3ccc(OC)c(F)c3)o2)cc1. The first-order valence-electron chi connectivity index (χ1n) is 7.71. The highest BCUT2D eigenvalue weighted by atomic mass is 32.2. The Labute approximate surface area is 149 Å². The number of methoxy groups -OCH3 is 1. The van der Waals surface area contributed by atoms with Crippen LogP contribution in [0.4, 0.5) is 4.39 Å². The minimum Gasteiger partial charge on any atom is -0.494 e. The molecule has 0 saturated carbocycles. The van der Waals surface area contributed by atoms with Gasteiger partial charge in [-0.3, -0.25) is 0 Å². The molecule has 25 heavy (non-hydrogen) atoms. The van der Waals surface area contributed by atoms with Crippen molar-refractivity contribution >= 4 is 11.8 Å². The fourth-order valence-corrected chi connectivity index (χ4v) is 2.90. The third-order valence-corrected chi connectivity index (χ3v) is 4.29. The number of hydrogen-bond acceptors (Lipinski definition) is 6. The summed E-state index contributed by atoms with van der Waals surface area (Å²) in [4.78, 5) is 0. The second kappa shape index (κ2) is 8.02. The summed E-state index contributed by atoms with van der Waals surface area (Å²) >= 11 is 1.35. The summed E-state index contributed by atoms with van der Waals surface area (Å²) in [5, 5.41) is 8.50. The van der Waals surface area contributed by atoms with Gasteiger partial charge in [0.2, 0.25) is 5.89 Å². The van der Waals surface area contributed by atoms with Crippen LogP contribution in [0.1, 0.15) is 12.5 Å². The van der Waals surface area contributed by atoms with Crippen molar-refractivity contribution in [3.05, 3.63) is 53.8 Å². The van der Waals surface area contributed by atoms with E-state index in [-0.39, 0.29) is 11.6 Å². The van der Waals surface area contributed by atoms with Crippen LogP contribution in [-0.2, 0) is 5.75 Å². The zero-order chi connectivity index (χ0) is 17.6. The molecule has 0 fully saturated rings. The highest BCUT2D eigenvalue weighted by molar-refractivity contribution is 7.98. The average molecular weight is 360 g/mol. The van der Waals surface area contributed by atoms with Gasteiger partial charge in [0, 0.05) is 11.3 Å². The van der Waals surface area contributed by atoms with Gasteiger partial charge in [-0.05, 0) is 48.9 Å². The van der Waals surface area contributed by atoms with Crippen molar-refractivity contribution in [1.82, 2.24) is 10.2 Å². The third kappa shape index (κ3) is 4.30. The molecule has 1 aromatic heterocycles. The van der Waals surface area contributed by atoms with Crippen molar-refractivity contribution in [1.29, 1.82) is 0 Å². The molecule has 0 aliphatic rings. The van der Waals surface area contributed by atoms with Gasteiger partial charge in [-0.25, -0.2) is 4.39 Å². The fraction of sp³-hybridized carbons (Fsp3) is 0.222. The largest absolute Gasteiger partial charge is 0.494 e. The Balaban J connectivity index is 1.64. The molecule has 0 unspecified atom stereocenters. The molecule has 2 aromatic carbocycles. The van der Waals surface area contributed by atoms with E-state index in [2.05, 4.69) is 10.2 Å². The smallest absolute Gasteiger partial charge is 0.277 e. The third-order valence-electron chi connectivity index (χ3n) is 3.40. The Bertz CT molecular complexity index is 837. The molecule has 0 atom stereocenters. The highest BCUT2D eigenvalue weighted by Crippen LogP contribution is 2.28. The minimum atomic E-state index is -0.388. The lowest BCUT2D eigenvalue weighted by atomic mass is 10.2. The molecule has 0 bridgehead atoms. The quantitative estimate of drug-likeness (QED) is 0.575. The van der Waals surface area contributed by atoms with Crippen molar-refractivity contribution in [2.75, 3.05) is 13.7 Å². The summed E-state index contributed by atoms with van der Waals surface area (Å²) in [5.74, 6) is 1.59. The van der Waals surface area contributed by atoms with Crippen molar-refractivity contribution in [2.24, 2.45) is 0 Å². The lowest BCUT2D eigenvalue weighted by Gasteiger charge is -2.03. The van der Waals surface area contributed by atoms with Crippen molar-refractivity contribution in [2.45, 2.75) is 17.9 Å². The van der Waals surface area contributed by atoms with Gasteiger partial charge in [-0.2, -0.15) is 0 Å². The number of benzene rings is 2. The number of ether oxygens (including phenoxy) is 2. The molecular weight excluding hydrogens is 343 g/mol. The summed E-state index contributed by atoms with van der Waals surface area (Å²) in [6, 6.07) is 12.3. The van der Waals surface area contributed by atoms with Crippen LogP contribution in [0.2, 0.25) is 0 Å². The normalized spacial score (nSPS) is 10.7. The summed E-state index contributed by atoms with van der Waals surface area (Å²) in [5.41, 5.74) is 1.63. The number of hydrogen-bond donors (Lipinski definition) is 0. The summed E-state index contributed by atoms with van der Waals surface area (Å²) < 4.78 is 29.7. The van der Waals surface area contributed by atoms with Crippen LogP contribution in [0.15, 0.2) is 52.1 Å². The Morgan fingerprint density at radius 2 is 1.92 bits per heavy atom. The molecule has 7 heteroatoms. The second-order valence-electron chi connectivity index (χ2n) is 5.09. The summed E-state index contributed by atoms with van der Waals surface area (Å²) in [6.45, 7) is 2.55. The van der Waals surface area contributed by atoms with Gasteiger partial charge in [-0.1, -0.05) is 17.8 Å². The lowest BCUT2D eigenvalue weighted by Crippen LogP contribution is -1.90. The molecule has 0 amide bonds. The summed E-state index contributed by atoms with van der Waals surface area (Å²) in [7, 11) is 1.44. The van der Waals surface area contributed by atoms with Crippen LogP contribution in [0, 0.1) is 5.82 Å². The first-order valence-corrected chi connectivity index (χ1v) is 8.70. The van der Waals surface area contributed by atoms with E-state index >= 15 is 0 Å². The van der Waals surface area contributed by atoms with E-state index in [1.165, 1.54) is 24.9 Å². The molecule has 3 aromatic rings. The van der Waals surface area contributed by atoms with Crippen LogP contribution >= 0.6 is 11.8 Å². The fourth-order valence-electron chi connectivity index (χ4n) is 2.19.